The lowest BCUT2D eigenvalue weighted by molar-refractivity contribution is -0.138. The lowest BCUT2D eigenvalue weighted by Gasteiger charge is -2.32. The van der Waals surface area contributed by atoms with Crippen molar-refractivity contribution in [3.63, 3.8) is 0 Å². The second-order valence-corrected chi connectivity index (χ2v) is 12.9. The van der Waals surface area contributed by atoms with E-state index in [0.29, 0.717) is 62.3 Å². The van der Waals surface area contributed by atoms with E-state index in [4.69, 9.17) is 11.5 Å². The summed E-state index contributed by atoms with van der Waals surface area (Å²) in [6.45, 7) is 0. The van der Waals surface area contributed by atoms with E-state index in [1.807, 2.05) is 0 Å². The fraction of sp³-hybridized carbons (Fsp3) is 0.333. The van der Waals surface area contributed by atoms with Gasteiger partial charge in [0.25, 0.3) is 0 Å². The van der Waals surface area contributed by atoms with Gasteiger partial charge in [-0.1, -0.05) is 86.7 Å². The van der Waals surface area contributed by atoms with Gasteiger partial charge in [-0.25, -0.2) is 0 Å². The van der Waals surface area contributed by atoms with E-state index in [0.717, 1.165) is 48.5 Å². The monoisotopic (exact) mass is 744 g/mol. The molecular weight excluding hydrogens is 710 g/mol. The highest BCUT2D eigenvalue weighted by Gasteiger charge is 2.37. The van der Waals surface area contributed by atoms with Crippen molar-refractivity contribution >= 4 is 14.6 Å². The molecule has 0 aliphatic heterocycles. The Labute approximate surface area is 294 Å². The van der Waals surface area contributed by atoms with Crippen molar-refractivity contribution in [1.82, 2.24) is 0 Å². The molecule has 0 heterocycles. The van der Waals surface area contributed by atoms with Gasteiger partial charge in [0.05, 0.1) is 33.3 Å². The van der Waals surface area contributed by atoms with Gasteiger partial charge in [-0.3, -0.25) is 0 Å². The van der Waals surface area contributed by atoms with E-state index >= 15 is 0 Å². The normalized spacial score (nSPS) is 13.3. The van der Waals surface area contributed by atoms with Crippen LogP contribution in [0.3, 0.4) is 0 Å². The highest BCUT2D eigenvalue weighted by Crippen LogP contribution is 2.39. The predicted octanol–water partition coefficient (Wildman–Crippen LogP) is 10.2. The molecule has 4 N–H and O–H groups in total. The maximum Gasteiger partial charge on any atom is 0.416 e. The standard InChI is InChI=1S/C36H34B2F12N2/c39-33(40,41)27-11-3-23(4-12-27)31(51,24-5-13-28(14-6-24)34(42,43)44)21-37-19-1-2-20-38-22-32(52,25-7-15-29(16-8-25)35(45,46)47)26-9-17-30(18-10-26)36(48,49)50/h3-18,37-38H,1-2,19-22,51-52H2. The molecule has 4 aromatic carbocycles. The molecule has 0 atom stereocenters. The zero-order chi connectivity index (χ0) is 38.6. The minimum Gasteiger partial charge on any atom is -0.318 e. The van der Waals surface area contributed by atoms with Gasteiger partial charge in [-0.15, -0.1) is 0 Å². The quantitative estimate of drug-likeness (QED) is 0.0814. The summed E-state index contributed by atoms with van der Waals surface area (Å²) >= 11 is 0. The van der Waals surface area contributed by atoms with Crippen LogP contribution in [-0.4, -0.2) is 14.6 Å². The smallest absolute Gasteiger partial charge is 0.318 e. The van der Waals surface area contributed by atoms with Crippen LogP contribution < -0.4 is 11.5 Å². The van der Waals surface area contributed by atoms with Crippen molar-refractivity contribution in [3.05, 3.63) is 142 Å². The van der Waals surface area contributed by atoms with Crippen molar-refractivity contribution in [2.45, 2.75) is 73.9 Å². The Hall–Kier alpha value is -3.91. The first-order valence-electron chi connectivity index (χ1n) is 16.3. The molecule has 0 saturated carbocycles. The first-order chi connectivity index (χ1) is 24.0. The van der Waals surface area contributed by atoms with Crippen molar-refractivity contribution in [2.75, 3.05) is 0 Å². The molecular formula is C36H34B2F12N2. The van der Waals surface area contributed by atoms with Gasteiger partial charge in [0, 0.05) is 0 Å². The van der Waals surface area contributed by atoms with Crippen LogP contribution in [0, 0.1) is 0 Å². The zero-order valence-corrected chi connectivity index (χ0v) is 27.6. The van der Waals surface area contributed by atoms with Crippen LogP contribution in [-0.2, 0) is 35.8 Å². The number of benzene rings is 4. The molecule has 52 heavy (non-hydrogen) atoms. The van der Waals surface area contributed by atoms with Gasteiger partial charge in [0.1, 0.15) is 14.6 Å². The first-order valence-corrected chi connectivity index (χ1v) is 16.3. The van der Waals surface area contributed by atoms with E-state index < -0.39 is 58.0 Å². The maximum absolute atomic E-state index is 13.2. The van der Waals surface area contributed by atoms with Crippen molar-refractivity contribution < 1.29 is 52.7 Å². The average Bonchev–Trinajstić information content (AvgIpc) is 3.08. The predicted molar refractivity (Wildman–Crippen MR) is 178 cm³/mol. The number of halogens is 12. The highest BCUT2D eigenvalue weighted by molar-refractivity contribution is 6.36. The molecule has 0 amide bonds. The Kier molecular flexibility index (Phi) is 12.3. The zero-order valence-electron chi connectivity index (χ0n) is 27.6. The molecule has 0 bridgehead atoms. The molecule has 0 aliphatic rings. The van der Waals surface area contributed by atoms with Crippen LogP contribution in [0.5, 0.6) is 0 Å². The molecule has 4 rings (SSSR count). The van der Waals surface area contributed by atoms with Crippen molar-refractivity contribution in [1.29, 1.82) is 0 Å². The second kappa shape index (κ2) is 15.6. The number of hydrogen-bond donors (Lipinski definition) is 2. The third-order valence-electron chi connectivity index (χ3n) is 9.30. The van der Waals surface area contributed by atoms with Gasteiger partial charge < -0.3 is 11.5 Å². The highest BCUT2D eigenvalue weighted by atomic mass is 19.4. The first kappa shape index (κ1) is 40.9. The van der Waals surface area contributed by atoms with Gasteiger partial charge >= 0.3 is 24.7 Å². The molecule has 0 aromatic heterocycles. The molecule has 0 spiro atoms. The van der Waals surface area contributed by atoms with Gasteiger partial charge in [-0.05, 0) is 70.8 Å². The Morgan fingerprint density at radius 2 is 0.500 bits per heavy atom. The van der Waals surface area contributed by atoms with Crippen LogP contribution >= 0.6 is 0 Å². The molecule has 0 unspecified atom stereocenters. The topological polar surface area (TPSA) is 52.0 Å². The number of hydrogen-bond acceptors (Lipinski definition) is 2. The third-order valence-corrected chi connectivity index (χ3v) is 9.30. The van der Waals surface area contributed by atoms with Crippen LogP contribution in [0.25, 0.3) is 0 Å². The lowest BCUT2D eigenvalue weighted by Crippen LogP contribution is -2.39. The Morgan fingerprint density at radius 3 is 0.673 bits per heavy atom. The Bertz CT molecular complexity index is 1480. The Balaban J connectivity index is 1.41. The molecule has 0 aliphatic carbocycles. The summed E-state index contributed by atoms with van der Waals surface area (Å²) in [4.78, 5) is 0. The van der Waals surface area contributed by atoms with E-state index in [1.54, 1.807) is 0 Å². The molecule has 4 aromatic rings. The summed E-state index contributed by atoms with van der Waals surface area (Å²) in [5.41, 5.74) is 8.30. The molecule has 16 heteroatoms. The SMILES string of the molecule is NC(CBCCCCBCC(N)(c1ccc(C(F)(F)F)cc1)c1ccc(C(F)(F)F)cc1)(c1ccc(C(F)(F)F)cc1)c1ccc(C(F)(F)F)cc1. The summed E-state index contributed by atoms with van der Waals surface area (Å²) in [6, 6.07) is 16.7. The number of alkyl halides is 12. The van der Waals surface area contributed by atoms with E-state index in [9.17, 15) is 52.7 Å². The minimum absolute atomic E-state index is 0.206. The van der Waals surface area contributed by atoms with E-state index in [-0.39, 0.29) is 12.6 Å². The molecule has 278 valence electrons. The summed E-state index contributed by atoms with van der Waals surface area (Å²) in [7, 11) is 0.937. The summed E-state index contributed by atoms with van der Waals surface area (Å²) in [6.07, 6.45) is -15.4. The number of nitrogens with two attached hydrogens (primary N) is 2. The van der Waals surface area contributed by atoms with Crippen LogP contribution in [0.2, 0.25) is 25.3 Å². The average molecular weight is 744 g/mol. The fourth-order valence-electron chi connectivity index (χ4n) is 6.25. The number of rotatable bonds is 13. The summed E-state index contributed by atoms with van der Waals surface area (Å²) in [5.74, 6) is 0. The molecule has 0 saturated heterocycles. The van der Waals surface area contributed by atoms with Crippen LogP contribution in [0.4, 0.5) is 52.7 Å². The van der Waals surface area contributed by atoms with Crippen LogP contribution in [0.15, 0.2) is 97.1 Å². The fourth-order valence-corrected chi connectivity index (χ4v) is 6.25. The van der Waals surface area contributed by atoms with E-state index in [2.05, 4.69) is 0 Å². The molecule has 0 radical (unpaired) electrons. The Morgan fingerprint density at radius 1 is 0.327 bits per heavy atom. The van der Waals surface area contributed by atoms with Crippen LogP contribution in [0.1, 0.15) is 57.3 Å². The third kappa shape index (κ3) is 9.94. The van der Waals surface area contributed by atoms with Crippen molar-refractivity contribution in [2.24, 2.45) is 11.5 Å². The minimum atomic E-state index is -4.59. The summed E-state index contributed by atoms with van der Waals surface area (Å²) < 4.78 is 158. The lowest BCUT2D eigenvalue weighted by atomic mass is 9.58. The van der Waals surface area contributed by atoms with E-state index in [1.165, 1.54) is 48.5 Å². The largest absolute Gasteiger partial charge is 0.416 e. The van der Waals surface area contributed by atoms with Gasteiger partial charge in [-0.2, -0.15) is 52.7 Å². The summed E-state index contributed by atoms with van der Waals surface area (Å²) in [5, 5.41) is 0. The maximum atomic E-state index is 13.2. The second-order valence-electron chi connectivity index (χ2n) is 12.9. The molecule has 2 nitrogen and oxygen atoms in total. The van der Waals surface area contributed by atoms with Gasteiger partial charge in [0.15, 0.2) is 0 Å². The van der Waals surface area contributed by atoms with Gasteiger partial charge in [0.2, 0.25) is 0 Å². The molecule has 0 fully saturated rings. The van der Waals surface area contributed by atoms with Crippen molar-refractivity contribution in [3.8, 4) is 0 Å². The number of unbranched alkanes of at least 4 members (excludes halogenated alkanes) is 1.